The quantitative estimate of drug-likeness (QED) is 0.931. The highest BCUT2D eigenvalue weighted by atomic mass is 35.5. The molecule has 2 fully saturated rings. The van der Waals surface area contributed by atoms with Crippen LogP contribution in [0.5, 0.6) is 0 Å². The van der Waals surface area contributed by atoms with E-state index in [1.807, 2.05) is 6.92 Å². The van der Waals surface area contributed by atoms with Crippen LogP contribution in [0.4, 0.5) is 0 Å². The molecule has 0 saturated carbocycles. The molecule has 0 unspecified atom stereocenters. The largest absolute Gasteiger partial charge is 0.481 e. The van der Waals surface area contributed by atoms with Gasteiger partial charge in [0.15, 0.2) is 0 Å². The normalized spacial score (nSPS) is 30.7. The standard InChI is InChI=1S/C15H17ClN2O3/c1-2-15(14(20)21)7-9-3-4-12(15)18(9)13(19)10-5-6-17-8-11(10)16/h5-6,8-9,12H,2-4,7H2,1H3,(H,20,21)/t9-,12+,15+/m0/s1. The van der Waals surface area contributed by atoms with Crippen LogP contribution in [0.15, 0.2) is 18.5 Å². The van der Waals surface area contributed by atoms with Gasteiger partial charge in [-0.15, -0.1) is 0 Å². The molecule has 2 bridgehead atoms. The number of amides is 1. The molecule has 5 nitrogen and oxygen atoms in total. The number of halogens is 1. The molecule has 0 aliphatic carbocycles. The fourth-order valence-electron chi connectivity index (χ4n) is 3.94. The summed E-state index contributed by atoms with van der Waals surface area (Å²) >= 11 is 6.05. The van der Waals surface area contributed by atoms with Gasteiger partial charge in [-0.3, -0.25) is 14.6 Å². The Bertz CT molecular complexity index is 606. The Kier molecular flexibility index (Phi) is 3.40. The Morgan fingerprint density at radius 2 is 2.29 bits per heavy atom. The molecular weight excluding hydrogens is 292 g/mol. The third-order valence-electron chi connectivity index (χ3n) is 5.03. The topological polar surface area (TPSA) is 70.5 Å². The van der Waals surface area contributed by atoms with Crippen LogP contribution in [0.2, 0.25) is 5.02 Å². The van der Waals surface area contributed by atoms with Gasteiger partial charge in [0.05, 0.1) is 16.0 Å². The van der Waals surface area contributed by atoms with E-state index in [0.29, 0.717) is 23.4 Å². The molecule has 1 N–H and O–H groups in total. The van der Waals surface area contributed by atoms with E-state index >= 15 is 0 Å². The summed E-state index contributed by atoms with van der Waals surface area (Å²) in [5.74, 6) is -0.970. The van der Waals surface area contributed by atoms with Crippen molar-refractivity contribution in [2.75, 3.05) is 0 Å². The van der Waals surface area contributed by atoms with Crippen molar-refractivity contribution in [2.24, 2.45) is 5.41 Å². The maximum absolute atomic E-state index is 12.8. The lowest BCUT2D eigenvalue weighted by Crippen LogP contribution is -2.44. The van der Waals surface area contributed by atoms with Crippen LogP contribution in [-0.4, -0.2) is 39.0 Å². The Hall–Kier alpha value is -1.62. The van der Waals surface area contributed by atoms with Gasteiger partial charge in [0.2, 0.25) is 0 Å². The summed E-state index contributed by atoms with van der Waals surface area (Å²) in [7, 11) is 0. The molecule has 3 rings (SSSR count). The van der Waals surface area contributed by atoms with E-state index in [1.54, 1.807) is 11.0 Å². The third kappa shape index (κ3) is 1.94. The number of nitrogens with zero attached hydrogens (tertiary/aromatic N) is 2. The first-order chi connectivity index (χ1) is 10.0. The molecule has 1 aromatic heterocycles. The van der Waals surface area contributed by atoms with Gasteiger partial charge in [-0.1, -0.05) is 18.5 Å². The number of aliphatic carboxylic acids is 1. The Morgan fingerprint density at radius 1 is 1.52 bits per heavy atom. The number of fused-ring (bicyclic) bond motifs is 2. The van der Waals surface area contributed by atoms with Gasteiger partial charge in [0, 0.05) is 24.5 Å². The summed E-state index contributed by atoms with van der Waals surface area (Å²) in [4.78, 5) is 30.2. The summed E-state index contributed by atoms with van der Waals surface area (Å²) in [5, 5.41) is 9.95. The van der Waals surface area contributed by atoms with Crippen molar-refractivity contribution in [3.05, 3.63) is 29.0 Å². The number of pyridine rings is 1. The second-order valence-corrected chi connectivity index (χ2v) is 6.24. The van der Waals surface area contributed by atoms with Crippen LogP contribution in [0, 0.1) is 5.41 Å². The van der Waals surface area contributed by atoms with E-state index in [0.717, 1.165) is 12.8 Å². The van der Waals surface area contributed by atoms with E-state index < -0.39 is 11.4 Å². The first-order valence-electron chi connectivity index (χ1n) is 7.17. The summed E-state index contributed by atoms with van der Waals surface area (Å²) in [6.45, 7) is 1.89. The van der Waals surface area contributed by atoms with Crippen molar-refractivity contribution >= 4 is 23.5 Å². The third-order valence-corrected chi connectivity index (χ3v) is 5.34. The molecule has 0 aromatic carbocycles. The van der Waals surface area contributed by atoms with Crippen LogP contribution in [-0.2, 0) is 4.79 Å². The first kappa shape index (κ1) is 14.3. The lowest BCUT2D eigenvalue weighted by atomic mass is 9.72. The minimum Gasteiger partial charge on any atom is -0.481 e. The van der Waals surface area contributed by atoms with Crippen LogP contribution in [0.3, 0.4) is 0 Å². The molecule has 2 saturated heterocycles. The Labute approximate surface area is 127 Å². The molecule has 1 amide bonds. The van der Waals surface area contributed by atoms with Crippen LogP contribution in [0.25, 0.3) is 0 Å². The number of carboxylic acid groups (broad SMARTS) is 1. The van der Waals surface area contributed by atoms with Crippen molar-refractivity contribution in [1.82, 2.24) is 9.88 Å². The molecule has 21 heavy (non-hydrogen) atoms. The minimum atomic E-state index is -0.807. The highest BCUT2D eigenvalue weighted by Gasteiger charge is 2.60. The van der Waals surface area contributed by atoms with Gasteiger partial charge in [-0.2, -0.15) is 0 Å². The summed E-state index contributed by atoms with van der Waals surface area (Å²) in [6, 6.07) is 1.36. The average Bonchev–Trinajstić information content (AvgIpc) is 3.03. The van der Waals surface area contributed by atoms with E-state index in [1.165, 1.54) is 12.4 Å². The summed E-state index contributed by atoms with van der Waals surface area (Å²) < 4.78 is 0. The zero-order chi connectivity index (χ0) is 15.2. The van der Waals surface area contributed by atoms with Crippen molar-refractivity contribution in [1.29, 1.82) is 0 Å². The molecule has 0 radical (unpaired) electrons. The maximum atomic E-state index is 12.8. The zero-order valence-corrected chi connectivity index (χ0v) is 12.5. The van der Waals surface area contributed by atoms with Crippen molar-refractivity contribution in [3.8, 4) is 0 Å². The number of rotatable bonds is 3. The van der Waals surface area contributed by atoms with Crippen molar-refractivity contribution in [2.45, 2.75) is 44.7 Å². The lowest BCUT2D eigenvalue weighted by Gasteiger charge is -2.32. The Balaban J connectivity index is 1.96. The molecule has 6 heteroatoms. The number of hydrogen-bond donors (Lipinski definition) is 1. The number of carboxylic acids is 1. The predicted molar refractivity (Wildman–Crippen MR) is 77.2 cm³/mol. The van der Waals surface area contributed by atoms with Gasteiger partial charge < -0.3 is 10.0 Å². The van der Waals surface area contributed by atoms with E-state index in [2.05, 4.69) is 4.98 Å². The van der Waals surface area contributed by atoms with Gasteiger partial charge in [-0.05, 0) is 31.7 Å². The second-order valence-electron chi connectivity index (χ2n) is 5.83. The SMILES string of the molecule is CC[C@@]1(C(=O)O)C[C@@H]2CC[C@H]1N2C(=O)c1ccncc1Cl. The fraction of sp³-hybridized carbons (Fsp3) is 0.533. The van der Waals surface area contributed by atoms with Crippen LogP contribution >= 0.6 is 11.6 Å². The van der Waals surface area contributed by atoms with Crippen molar-refractivity contribution in [3.63, 3.8) is 0 Å². The lowest BCUT2D eigenvalue weighted by molar-refractivity contribution is -0.151. The summed E-state index contributed by atoms with van der Waals surface area (Å²) in [6.07, 6.45) is 5.67. The van der Waals surface area contributed by atoms with Gasteiger partial charge in [-0.25, -0.2) is 0 Å². The number of hydrogen-bond acceptors (Lipinski definition) is 3. The minimum absolute atomic E-state index is 0.00258. The fourth-order valence-corrected chi connectivity index (χ4v) is 4.14. The molecule has 0 spiro atoms. The first-order valence-corrected chi connectivity index (χ1v) is 7.54. The average molecular weight is 309 g/mol. The smallest absolute Gasteiger partial charge is 0.311 e. The monoisotopic (exact) mass is 308 g/mol. The van der Waals surface area contributed by atoms with Crippen LogP contribution in [0.1, 0.15) is 43.0 Å². The maximum Gasteiger partial charge on any atom is 0.311 e. The molecule has 3 atom stereocenters. The van der Waals surface area contributed by atoms with Gasteiger partial charge >= 0.3 is 5.97 Å². The molecule has 3 heterocycles. The number of aromatic nitrogens is 1. The highest BCUT2D eigenvalue weighted by molar-refractivity contribution is 6.33. The highest BCUT2D eigenvalue weighted by Crippen LogP contribution is 2.52. The van der Waals surface area contributed by atoms with Gasteiger partial charge in [0.25, 0.3) is 5.91 Å². The second kappa shape index (κ2) is 4.98. The number of carbonyl (C=O) groups is 2. The predicted octanol–water partition coefficient (Wildman–Crippen LogP) is 2.59. The Morgan fingerprint density at radius 3 is 2.86 bits per heavy atom. The molecule has 112 valence electrons. The molecular formula is C15H17ClN2O3. The molecule has 2 aliphatic heterocycles. The van der Waals surface area contributed by atoms with E-state index in [4.69, 9.17) is 11.6 Å². The zero-order valence-electron chi connectivity index (χ0n) is 11.8. The van der Waals surface area contributed by atoms with Gasteiger partial charge in [0.1, 0.15) is 0 Å². The van der Waals surface area contributed by atoms with Crippen LogP contribution < -0.4 is 0 Å². The molecule has 2 aliphatic rings. The summed E-state index contributed by atoms with van der Waals surface area (Å²) in [5.41, 5.74) is -0.404. The van der Waals surface area contributed by atoms with E-state index in [-0.39, 0.29) is 18.0 Å². The van der Waals surface area contributed by atoms with E-state index in [9.17, 15) is 14.7 Å². The van der Waals surface area contributed by atoms with Crippen molar-refractivity contribution < 1.29 is 14.7 Å². The number of carbonyl (C=O) groups excluding carboxylic acids is 1. The molecule has 1 aromatic rings.